The minimum absolute atomic E-state index is 0.115. The largest absolute Gasteiger partial charge is 0.397 e. The maximum absolute atomic E-state index is 13.1. The Morgan fingerprint density at radius 3 is 2.77 bits per heavy atom. The summed E-state index contributed by atoms with van der Waals surface area (Å²) in [6, 6.07) is 9.29. The number of nitrogens with zero attached hydrogens (tertiary/aromatic N) is 4. The van der Waals surface area contributed by atoms with E-state index in [1.54, 1.807) is 42.5 Å². The Morgan fingerprint density at radius 1 is 1.19 bits per heavy atom. The predicted molar refractivity (Wildman–Crippen MR) is 125 cm³/mol. The van der Waals surface area contributed by atoms with Crippen LogP contribution in [0.4, 0.5) is 17.1 Å². The Balaban J connectivity index is 1.59. The standard InChI is InChI=1S/C22H25N7OS/c1-31-15-4-6-17(26-11-15)18-7-5-16(24)21(27-18)22(30)28-19-12-25-9-8-20(19)29-10-2-3-14(23)13-29/h4-9,11-12,14H,2-3,10,13,23-24H2,1H3,(H,28,30). The van der Waals surface area contributed by atoms with Gasteiger partial charge in [-0.3, -0.25) is 14.8 Å². The molecule has 1 saturated heterocycles. The monoisotopic (exact) mass is 435 g/mol. The summed E-state index contributed by atoms with van der Waals surface area (Å²) in [4.78, 5) is 29.4. The van der Waals surface area contributed by atoms with E-state index >= 15 is 0 Å². The molecule has 1 amide bonds. The fourth-order valence-electron chi connectivity index (χ4n) is 3.62. The zero-order chi connectivity index (χ0) is 21.8. The molecule has 3 aromatic heterocycles. The van der Waals surface area contributed by atoms with Crippen molar-refractivity contribution in [1.29, 1.82) is 0 Å². The van der Waals surface area contributed by atoms with Crippen LogP contribution in [0.25, 0.3) is 11.4 Å². The molecule has 8 nitrogen and oxygen atoms in total. The smallest absolute Gasteiger partial charge is 0.276 e. The molecular formula is C22H25N7OS. The lowest BCUT2D eigenvalue weighted by atomic mass is 10.1. The van der Waals surface area contributed by atoms with E-state index in [1.807, 2.05) is 24.5 Å². The third-order valence-electron chi connectivity index (χ3n) is 5.22. The number of aromatic nitrogens is 3. The number of carbonyl (C=O) groups excluding carboxylic acids is 1. The fourth-order valence-corrected chi connectivity index (χ4v) is 3.98. The molecule has 1 atom stereocenters. The first-order valence-electron chi connectivity index (χ1n) is 10.1. The minimum atomic E-state index is -0.393. The maximum Gasteiger partial charge on any atom is 0.276 e. The molecule has 1 unspecified atom stereocenters. The lowest BCUT2D eigenvalue weighted by Gasteiger charge is -2.33. The second-order valence-electron chi connectivity index (χ2n) is 7.41. The number of rotatable bonds is 5. The van der Waals surface area contributed by atoms with Crippen LogP contribution in [0.3, 0.4) is 0 Å². The van der Waals surface area contributed by atoms with E-state index in [2.05, 4.69) is 25.2 Å². The molecule has 3 aromatic rings. The normalized spacial score (nSPS) is 16.2. The Bertz CT molecular complexity index is 1070. The molecule has 0 aromatic carbocycles. The van der Waals surface area contributed by atoms with E-state index in [9.17, 15) is 4.79 Å². The van der Waals surface area contributed by atoms with Crippen molar-refractivity contribution in [1.82, 2.24) is 15.0 Å². The summed E-state index contributed by atoms with van der Waals surface area (Å²) in [7, 11) is 0. The van der Waals surface area contributed by atoms with Gasteiger partial charge in [-0.2, -0.15) is 0 Å². The van der Waals surface area contributed by atoms with Crippen LogP contribution in [-0.2, 0) is 0 Å². The molecule has 1 fully saturated rings. The van der Waals surface area contributed by atoms with Crippen molar-refractivity contribution in [3.63, 3.8) is 0 Å². The van der Waals surface area contributed by atoms with Crippen molar-refractivity contribution in [3.05, 3.63) is 54.6 Å². The number of pyridine rings is 3. The fraction of sp³-hybridized carbons (Fsp3) is 0.273. The van der Waals surface area contributed by atoms with Crippen LogP contribution in [0.1, 0.15) is 23.3 Å². The van der Waals surface area contributed by atoms with Crippen LogP contribution in [0.5, 0.6) is 0 Å². The van der Waals surface area contributed by atoms with Gasteiger partial charge in [-0.05, 0) is 49.4 Å². The highest BCUT2D eigenvalue weighted by Gasteiger charge is 2.21. The number of nitrogen functional groups attached to an aromatic ring is 1. The van der Waals surface area contributed by atoms with Gasteiger partial charge in [-0.15, -0.1) is 11.8 Å². The molecule has 0 radical (unpaired) electrons. The molecule has 9 heteroatoms. The summed E-state index contributed by atoms with van der Waals surface area (Å²) in [5.41, 5.74) is 15.4. The maximum atomic E-state index is 13.1. The first kappa shape index (κ1) is 21.1. The van der Waals surface area contributed by atoms with Gasteiger partial charge in [0.05, 0.1) is 34.6 Å². The average Bonchev–Trinajstić information content (AvgIpc) is 2.80. The van der Waals surface area contributed by atoms with Crippen molar-refractivity contribution in [2.24, 2.45) is 5.73 Å². The highest BCUT2D eigenvalue weighted by molar-refractivity contribution is 7.98. The Hall–Kier alpha value is -3.17. The number of anilines is 3. The first-order valence-corrected chi connectivity index (χ1v) is 11.3. The molecule has 1 aliphatic rings. The van der Waals surface area contributed by atoms with Gasteiger partial charge in [-0.25, -0.2) is 4.98 Å². The molecule has 0 saturated carbocycles. The van der Waals surface area contributed by atoms with E-state index < -0.39 is 5.91 Å². The number of hydrogen-bond acceptors (Lipinski definition) is 8. The SMILES string of the molecule is CSc1ccc(-c2ccc(N)c(C(=O)Nc3cnccc3N3CCCC(N)C3)n2)nc1. The van der Waals surface area contributed by atoms with Crippen LogP contribution < -0.4 is 21.7 Å². The third-order valence-corrected chi connectivity index (χ3v) is 5.93. The summed E-state index contributed by atoms with van der Waals surface area (Å²) in [5, 5.41) is 2.93. The lowest BCUT2D eigenvalue weighted by Crippen LogP contribution is -2.43. The molecular weight excluding hydrogens is 410 g/mol. The highest BCUT2D eigenvalue weighted by Crippen LogP contribution is 2.28. The third kappa shape index (κ3) is 4.78. The molecule has 0 bridgehead atoms. The van der Waals surface area contributed by atoms with Crippen LogP contribution in [-0.4, -0.2) is 46.2 Å². The number of thioether (sulfide) groups is 1. The molecule has 160 valence electrons. The van der Waals surface area contributed by atoms with Crippen molar-refractivity contribution in [3.8, 4) is 11.4 Å². The molecule has 5 N–H and O–H groups in total. The first-order chi connectivity index (χ1) is 15.0. The van der Waals surface area contributed by atoms with Gasteiger partial charge < -0.3 is 21.7 Å². The van der Waals surface area contributed by atoms with E-state index in [1.165, 1.54) is 0 Å². The number of nitrogens with one attached hydrogen (secondary N) is 1. The van der Waals surface area contributed by atoms with Gasteiger partial charge in [0.1, 0.15) is 0 Å². The van der Waals surface area contributed by atoms with Crippen molar-refractivity contribution in [2.75, 3.05) is 35.3 Å². The Labute approximate surface area is 185 Å². The van der Waals surface area contributed by atoms with E-state index in [-0.39, 0.29) is 11.7 Å². The van der Waals surface area contributed by atoms with Crippen molar-refractivity contribution in [2.45, 2.75) is 23.8 Å². The number of amides is 1. The number of carbonyl (C=O) groups is 1. The number of hydrogen-bond donors (Lipinski definition) is 3. The zero-order valence-electron chi connectivity index (χ0n) is 17.3. The van der Waals surface area contributed by atoms with Crippen molar-refractivity contribution < 1.29 is 4.79 Å². The zero-order valence-corrected chi connectivity index (χ0v) is 18.1. The Morgan fingerprint density at radius 2 is 2.03 bits per heavy atom. The van der Waals surface area contributed by atoms with E-state index in [0.29, 0.717) is 22.8 Å². The van der Waals surface area contributed by atoms with Crippen molar-refractivity contribution >= 4 is 34.7 Å². The van der Waals surface area contributed by atoms with E-state index in [0.717, 1.165) is 36.5 Å². The molecule has 0 aliphatic carbocycles. The van der Waals surface area contributed by atoms with Gasteiger partial charge in [0, 0.05) is 36.4 Å². The lowest BCUT2D eigenvalue weighted by molar-refractivity contribution is 0.102. The van der Waals surface area contributed by atoms with E-state index in [4.69, 9.17) is 11.5 Å². The molecule has 4 heterocycles. The Kier molecular flexibility index (Phi) is 6.34. The average molecular weight is 436 g/mol. The summed E-state index contributed by atoms with van der Waals surface area (Å²) in [6.07, 6.45) is 9.13. The topological polar surface area (TPSA) is 123 Å². The summed E-state index contributed by atoms with van der Waals surface area (Å²) in [5.74, 6) is -0.393. The predicted octanol–water partition coefficient (Wildman–Crippen LogP) is 3.02. The number of piperidine rings is 1. The van der Waals surface area contributed by atoms with Crippen LogP contribution >= 0.6 is 11.8 Å². The summed E-state index contributed by atoms with van der Waals surface area (Å²) in [6.45, 7) is 1.62. The molecule has 1 aliphatic heterocycles. The molecule has 4 rings (SSSR count). The van der Waals surface area contributed by atoms with Gasteiger partial charge in [-0.1, -0.05) is 0 Å². The van der Waals surface area contributed by atoms with Gasteiger partial charge in [0.15, 0.2) is 5.69 Å². The second kappa shape index (κ2) is 9.32. The summed E-state index contributed by atoms with van der Waals surface area (Å²) < 4.78 is 0. The van der Waals surface area contributed by atoms with Crippen LogP contribution in [0.2, 0.25) is 0 Å². The second-order valence-corrected chi connectivity index (χ2v) is 8.29. The van der Waals surface area contributed by atoms with Crippen LogP contribution in [0.15, 0.2) is 53.8 Å². The van der Waals surface area contributed by atoms with Crippen LogP contribution in [0, 0.1) is 0 Å². The van der Waals surface area contributed by atoms with Gasteiger partial charge in [0.2, 0.25) is 0 Å². The highest BCUT2D eigenvalue weighted by atomic mass is 32.2. The minimum Gasteiger partial charge on any atom is -0.397 e. The van der Waals surface area contributed by atoms with Gasteiger partial charge >= 0.3 is 0 Å². The van der Waals surface area contributed by atoms with Gasteiger partial charge in [0.25, 0.3) is 5.91 Å². The summed E-state index contributed by atoms with van der Waals surface area (Å²) >= 11 is 1.61. The quantitative estimate of drug-likeness (QED) is 0.523. The molecule has 31 heavy (non-hydrogen) atoms. The molecule has 0 spiro atoms. The number of nitrogens with two attached hydrogens (primary N) is 2.